The van der Waals surface area contributed by atoms with Crippen molar-refractivity contribution >= 4 is 27.5 Å². The lowest BCUT2D eigenvalue weighted by molar-refractivity contribution is -0.117. The van der Waals surface area contributed by atoms with Gasteiger partial charge in [-0.05, 0) is 31.2 Å². The number of carbonyl (C=O) groups is 1. The number of anilines is 1. The number of rotatable bonds is 5. The van der Waals surface area contributed by atoms with Gasteiger partial charge in [-0.15, -0.1) is 0 Å². The lowest BCUT2D eigenvalue weighted by atomic mass is 10.1. The summed E-state index contributed by atoms with van der Waals surface area (Å²) < 4.78 is 1.01. The fraction of sp³-hybridized carbons (Fsp3) is 0.462. The summed E-state index contributed by atoms with van der Waals surface area (Å²) in [5.41, 5.74) is 1.96. The summed E-state index contributed by atoms with van der Waals surface area (Å²) in [4.78, 5) is 11.8. The molecule has 0 bridgehead atoms. The van der Waals surface area contributed by atoms with Crippen LogP contribution in [0.4, 0.5) is 5.69 Å². The van der Waals surface area contributed by atoms with Crippen LogP contribution in [0.25, 0.3) is 0 Å². The fourth-order valence-electron chi connectivity index (χ4n) is 2.06. The molecule has 1 unspecified atom stereocenters. The van der Waals surface area contributed by atoms with Crippen molar-refractivity contribution in [3.8, 4) is 0 Å². The van der Waals surface area contributed by atoms with Crippen LogP contribution in [0.15, 0.2) is 22.7 Å². The van der Waals surface area contributed by atoms with Gasteiger partial charge in [0.1, 0.15) is 6.04 Å². The molecule has 0 saturated carbocycles. The maximum atomic E-state index is 11.8. The lowest BCUT2D eigenvalue weighted by Crippen LogP contribution is -2.28. The topological polar surface area (TPSA) is 41.1 Å². The minimum atomic E-state index is -0.195. The molecule has 3 nitrogen and oxygen atoms in total. The highest BCUT2D eigenvalue weighted by Crippen LogP contribution is 2.32. The largest absolute Gasteiger partial charge is 0.324 e. The van der Waals surface area contributed by atoms with Crippen molar-refractivity contribution in [1.82, 2.24) is 5.32 Å². The van der Waals surface area contributed by atoms with Crippen LogP contribution in [0.1, 0.15) is 37.8 Å². The second-order valence-electron chi connectivity index (χ2n) is 4.32. The van der Waals surface area contributed by atoms with Crippen molar-refractivity contribution in [3.05, 3.63) is 28.2 Å². The van der Waals surface area contributed by atoms with Crippen molar-refractivity contribution < 1.29 is 4.79 Å². The molecule has 1 aromatic rings. The van der Waals surface area contributed by atoms with Gasteiger partial charge in [0.2, 0.25) is 5.91 Å². The number of carbonyl (C=O) groups excluding carboxylic acids is 1. The fourth-order valence-corrected chi connectivity index (χ4v) is 2.44. The quantitative estimate of drug-likeness (QED) is 0.819. The van der Waals surface area contributed by atoms with E-state index < -0.39 is 0 Å². The van der Waals surface area contributed by atoms with Crippen LogP contribution in [-0.4, -0.2) is 12.5 Å². The van der Waals surface area contributed by atoms with Crippen LogP contribution < -0.4 is 10.6 Å². The van der Waals surface area contributed by atoms with Crippen molar-refractivity contribution in [1.29, 1.82) is 0 Å². The molecule has 92 valence electrons. The maximum Gasteiger partial charge on any atom is 0.246 e. The molecule has 1 aromatic carbocycles. The molecule has 4 heteroatoms. The van der Waals surface area contributed by atoms with E-state index in [0.717, 1.165) is 28.7 Å². The Hall–Kier alpha value is -0.870. The third kappa shape index (κ3) is 2.87. The van der Waals surface area contributed by atoms with E-state index >= 15 is 0 Å². The van der Waals surface area contributed by atoms with E-state index in [0.29, 0.717) is 0 Å². The maximum absolute atomic E-state index is 11.8. The zero-order valence-electron chi connectivity index (χ0n) is 9.92. The molecule has 1 amide bonds. The van der Waals surface area contributed by atoms with Gasteiger partial charge in [0, 0.05) is 15.7 Å². The first-order chi connectivity index (χ1) is 8.22. The summed E-state index contributed by atoms with van der Waals surface area (Å²) >= 11 is 3.44. The first kappa shape index (κ1) is 12.6. The highest BCUT2D eigenvalue weighted by Gasteiger charge is 2.29. The Bertz CT molecular complexity index is 420. The Labute approximate surface area is 110 Å². The molecule has 2 N–H and O–H groups in total. The third-order valence-corrected chi connectivity index (χ3v) is 3.47. The molecule has 2 rings (SSSR count). The zero-order chi connectivity index (χ0) is 12.3. The molecule has 17 heavy (non-hydrogen) atoms. The van der Waals surface area contributed by atoms with Crippen LogP contribution in [0.2, 0.25) is 0 Å². The minimum absolute atomic E-state index is 0.0506. The van der Waals surface area contributed by atoms with Crippen LogP contribution in [-0.2, 0) is 4.79 Å². The van der Waals surface area contributed by atoms with Gasteiger partial charge < -0.3 is 10.6 Å². The summed E-state index contributed by atoms with van der Waals surface area (Å²) in [7, 11) is 0. The summed E-state index contributed by atoms with van der Waals surface area (Å²) in [5.74, 6) is 0.0506. The summed E-state index contributed by atoms with van der Waals surface area (Å²) in [6.07, 6.45) is 3.51. The van der Waals surface area contributed by atoms with Gasteiger partial charge in [-0.25, -0.2) is 0 Å². The van der Waals surface area contributed by atoms with E-state index in [1.807, 2.05) is 18.2 Å². The second-order valence-corrected chi connectivity index (χ2v) is 5.23. The molecular weight excluding hydrogens is 280 g/mol. The molecule has 1 atom stereocenters. The molecule has 1 aliphatic heterocycles. The normalized spacial score (nSPS) is 18.0. The Kier molecular flexibility index (Phi) is 4.18. The van der Waals surface area contributed by atoms with Gasteiger partial charge in [0.05, 0.1) is 0 Å². The smallest absolute Gasteiger partial charge is 0.246 e. The average molecular weight is 297 g/mol. The van der Waals surface area contributed by atoms with Crippen LogP contribution in [0.3, 0.4) is 0 Å². The van der Waals surface area contributed by atoms with Gasteiger partial charge in [-0.1, -0.05) is 35.7 Å². The Morgan fingerprint density at radius 1 is 1.41 bits per heavy atom. The van der Waals surface area contributed by atoms with Crippen LogP contribution in [0, 0.1) is 0 Å². The number of nitrogens with one attached hydrogen (secondary N) is 2. The molecule has 1 heterocycles. The summed E-state index contributed by atoms with van der Waals surface area (Å²) in [6, 6.07) is 5.69. The van der Waals surface area contributed by atoms with E-state index in [1.54, 1.807) is 0 Å². The third-order valence-electron chi connectivity index (χ3n) is 2.97. The van der Waals surface area contributed by atoms with Gasteiger partial charge >= 0.3 is 0 Å². The molecule has 0 fully saturated rings. The standard InChI is InChI=1S/C13H17BrN2O/c1-2-3-4-7-15-12-10-8-9(14)5-6-11(10)16-13(12)17/h5-6,8,12,15H,2-4,7H2,1H3,(H,16,17). The van der Waals surface area contributed by atoms with E-state index in [-0.39, 0.29) is 11.9 Å². The average Bonchev–Trinajstić information content (AvgIpc) is 2.61. The first-order valence-electron chi connectivity index (χ1n) is 6.06. The van der Waals surface area contributed by atoms with Crippen LogP contribution in [0.5, 0.6) is 0 Å². The number of benzene rings is 1. The first-order valence-corrected chi connectivity index (χ1v) is 6.85. The van der Waals surface area contributed by atoms with Gasteiger partial charge in [-0.3, -0.25) is 4.79 Å². The molecule has 0 radical (unpaired) electrons. The predicted molar refractivity (Wildman–Crippen MR) is 73.0 cm³/mol. The number of fused-ring (bicyclic) bond motifs is 1. The van der Waals surface area contributed by atoms with Crippen LogP contribution >= 0.6 is 15.9 Å². The van der Waals surface area contributed by atoms with Crippen molar-refractivity contribution in [3.63, 3.8) is 0 Å². The molecule has 0 aliphatic carbocycles. The van der Waals surface area contributed by atoms with Gasteiger partial charge in [0.15, 0.2) is 0 Å². The number of unbranched alkanes of at least 4 members (excludes halogenated alkanes) is 2. The molecule has 1 aliphatic rings. The second kappa shape index (κ2) is 5.65. The van der Waals surface area contributed by atoms with Gasteiger partial charge in [0.25, 0.3) is 0 Å². The lowest BCUT2D eigenvalue weighted by Gasteiger charge is -2.11. The van der Waals surface area contributed by atoms with E-state index in [2.05, 4.69) is 33.5 Å². The Morgan fingerprint density at radius 2 is 2.24 bits per heavy atom. The van der Waals surface area contributed by atoms with E-state index in [4.69, 9.17) is 0 Å². The highest BCUT2D eigenvalue weighted by atomic mass is 79.9. The molecule has 0 spiro atoms. The van der Waals surface area contributed by atoms with Crippen molar-refractivity contribution in [2.75, 3.05) is 11.9 Å². The number of halogens is 1. The zero-order valence-corrected chi connectivity index (χ0v) is 11.5. The summed E-state index contributed by atoms with van der Waals surface area (Å²) in [5, 5.41) is 6.21. The number of amides is 1. The molecule has 0 aromatic heterocycles. The molecule has 0 saturated heterocycles. The predicted octanol–water partition coefficient (Wildman–Crippen LogP) is 3.22. The highest BCUT2D eigenvalue weighted by molar-refractivity contribution is 9.10. The Balaban J connectivity index is 2.03. The SMILES string of the molecule is CCCCCNC1C(=O)Nc2ccc(Br)cc21. The van der Waals surface area contributed by atoms with Crippen molar-refractivity contribution in [2.45, 2.75) is 32.2 Å². The van der Waals surface area contributed by atoms with Gasteiger partial charge in [-0.2, -0.15) is 0 Å². The minimum Gasteiger partial charge on any atom is -0.324 e. The summed E-state index contributed by atoms with van der Waals surface area (Å²) in [6.45, 7) is 3.06. The van der Waals surface area contributed by atoms with Crippen molar-refractivity contribution in [2.24, 2.45) is 0 Å². The Morgan fingerprint density at radius 3 is 3.00 bits per heavy atom. The van der Waals surface area contributed by atoms with E-state index in [9.17, 15) is 4.79 Å². The number of hydrogen-bond donors (Lipinski definition) is 2. The number of hydrogen-bond acceptors (Lipinski definition) is 2. The van der Waals surface area contributed by atoms with E-state index in [1.165, 1.54) is 12.8 Å². The molecular formula is C13H17BrN2O. The monoisotopic (exact) mass is 296 g/mol.